The Balaban J connectivity index is 1.76. The molecule has 0 saturated carbocycles. The van der Waals surface area contributed by atoms with E-state index in [4.69, 9.17) is 0 Å². The molecular formula is C23H31N5O3. The van der Waals surface area contributed by atoms with Gasteiger partial charge in [-0.25, -0.2) is 9.78 Å². The van der Waals surface area contributed by atoms with Crippen LogP contribution in [0.4, 0.5) is 5.69 Å². The Labute approximate surface area is 182 Å². The van der Waals surface area contributed by atoms with E-state index in [2.05, 4.69) is 10.3 Å². The predicted octanol–water partition coefficient (Wildman–Crippen LogP) is 1.64. The van der Waals surface area contributed by atoms with Crippen LogP contribution in [0.5, 0.6) is 0 Å². The Hall–Kier alpha value is -3.00. The number of anilines is 1. The Morgan fingerprint density at radius 2 is 1.90 bits per heavy atom. The minimum atomic E-state index is -0.437. The summed E-state index contributed by atoms with van der Waals surface area (Å²) in [6.07, 6.45) is 4.13. The molecule has 0 bridgehead atoms. The van der Waals surface area contributed by atoms with E-state index < -0.39 is 5.69 Å². The first kappa shape index (κ1) is 22.7. The van der Waals surface area contributed by atoms with Gasteiger partial charge in [0.2, 0.25) is 11.8 Å². The molecule has 1 aliphatic rings. The van der Waals surface area contributed by atoms with Crippen LogP contribution in [0, 0.1) is 5.92 Å². The van der Waals surface area contributed by atoms with E-state index in [1.54, 1.807) is 17.2 Å². The lowest BCUT2D eigenvalue weighted by molar-refractivity contribution is -0.131. The second-order valence-electron chi connectivity index (χ2n) is 8.21. The first-order valence-electron chi connectivity index (χ1n) is 10.8. The summed E-state index contributed by atoms with van der Waals surface area (Å²) >= 11 is 0. The summed E-state index contributed by atoms with van der Waals surface area (Å²) in [6.45, 7) is 6.88. The average Bonchev–Trinajstić information content (AvgIpc) is 2.78. The fourth-order valence-electron chi connectivity index (χ4n) is 3.73. The molecule has 0 radical (unpaired) electrons. The van der Waals surface area contributed by atoms with Crippen LogP contribution in [0.25, 0.3) is 0 Å². The van der Waals surface area contributed by atoms with E-state index in [1.165, 1.54) is 10.8 Å². The monoisotopic (exact) mass is 425 g/mol. The Morgan fingerprint density at radius 3 is 2.68 bits per heavy atom. The number of rotatable bonds is 4. The molecule has 1 N–H and O–H groups in total. The van der Waals surface area contributed by atoms with Gasteiger partial charge < -0.3 is 15.1 Å². The van der Waals surface area contributed by atoms with E-state index >= 15 is 0 Å². The molecule has 0 spiro atoms. The van der Waals surface area contributed by atoms with Crippen molar-refractivity contribution in [2.45, 2.75) is 39.8 Å². The van der Waals surface area contributed by atoms with Crippen LogP contribution in [0.2, 0.25) is 0 Å². The third-order valence-corrected chi connectivity index (χ3v) is 5.29. The molecule has 1 aromatic heterocycles. The largest absolute Gasteiger partial charge is 0.347 e. The number of hydrogen-bond acceptors (Lipinski definition) is 5. The first-order valence-corrected chi connectivity index (χ1v) is 10.8. The van der Waals surface area contributed by atoms with Gasteiger partial charge >= 0.3 is 5.69 Å². The number of fused-ring (bicyclic) bond motifs is 1. The molecule has 0 unspecified atom stereocenters. The van der Waals surface area contributed by atoms with Crippen LogP contribution in [0.1, 0.15) is 32.3 Å². The predicted molar refractivity (Wildman–Crippen MR) is 120 cm³/mol. The minimum Gasteiger partial charge on any atom is -0.340 e. The van der Waals surface area contributed by atoms with Crippen molar-refractivity contribution in [2.75, 3.05) is 31.1 Å². The second kappa shape index (κ2) is 10.9. The highest BCUT2D eigenvalue weighted by molar-refractivity contribution is 5.94. The molecule has 31 heavy (non-hydrogen) atoms. The number of hydrogen-bond donors (Lipinski definition) is 1. The van der Waals surface area contributed by atoms with Gasteiger partial charge in [0, 0.05) is 57.2 Å². The van der Waals surface area contributed by atoms with Gasteiger partial charge in [0.05, 0.1) is 0 Å². The highest BCUT2D eigenvalue weighted by atomic mass is 16.2. The fraction of sp³-hybridized carbons (Fsp3) is 0.478. The van der Waals surface area contributed by atoms with Gasteiger partial charge in [-0.1, -0.05) is 32.0 Å². The van der Waals surface area contributed by atoms with E-state index in [0.717, 1.165) is 11.3 Å². The van der Waals surface area contributed by atoms with Gasteiger partial charge in [-0.15, -0.1) is 0 Å². The third kappa shape index (κ3) is 6.24. The fourth-order valence-corrected chi connectivity index (χ4v) is 3.73. The molecule has 0 atom stereocenters. The topological polar surface area (TPSA) is 87.5 Å². The van der Waals surface area contributed by atoms with Crippen LogP contribution in [-0.4, -0.2) is 52.4 Å². The minimum absolute atomic E-state index is 0.0388. The third-order valence-electron chi connectivity index (χ3n) is 5.29. The standard InChI is InChI=1S/C23H31N5O3/c1-18(2)15-21(29)28-13-6-12-26(22(30)17-27-11-5-9-25-23(27)31)14-10-24-16-19-7-3-4-8-20(19)28/h3-5,7-9,11,18,24H,6,10,12-17H2,1-2H3. The first-order chi connectivity index (χ1) is 15.0. The number of para-hydroxylation sites is 1. The molecule has 0 fully saturated rings. The maximum absolute atomic E-state index is 13.0. The molecule has 2 heterocycles. The molecule has 3 rings (SSSR count). The zero-order chi connectivity index (χ0) is 22.2. The molecule has 0 aliphatic carbocycles. The molecule has 2 aromatic rings. The van der Waals surface area contributed by atoms with Gasteiger partial charge in [0.25, 0.3) is 0 Å². The summed E-state index contributed by atoms with van der Waals surface area (Å²) in [5.41, 5.74) is 1.57. The highest BCUT2D eigenvalue weighted by Gasteiger charge is 2.22. The SMILES string of the molecule is CC(C)CC(=O)N1CCCN(C(=O)Cn2cccnc2=O)CCNCc2ccccc21. The second-order valence-corrected chi connectivity index (χ2v) is 8.21. The Bertz CT molecular complexity index is 956. The summed E-state index contributed by atoms with van der Waals surface area (Å²) < 4.78 is 1.31. The van der Waals surface area contributed by atoms with Crippen LogP contribution in [-0.2, 0) is 22.7 Å². The Morgan fingerprint density at radius 1 is 1.10 bits per heavy atom. The van der Waals surface area contributed by atoms with Crippen molar-refractivity contribution in [1.29, 1.82) is 0 Å². The van der Waals surface area contributed by atoms with Gasteiger partial charge in [-0.3, -0.25) is 14.2 Å². The maximum Gasteiger partial charge on any atom is 0.347 e. The molecule has 8 heteroatoms. The quantitative estimate of drug-likeness (QED) is 0.805. The van der Waals surface area contributed by atoms with Crippen LogP contribution in [0.15, 0.2) is 47.5 Å². The van der Waals surface area contributed by atoms with Crippen LogP contribution in [0.3, 0.4) is 0 Å². The van der Waals surface area contributed by atoms with E-state index in [1.807, 2.05) is 43.0 Å². The molecule has 1 aliphatic heterocycles. The molecular weight excluding hydrogens is 394 g/mol. The number of carbonyl (C=O) groups excluding carboxylic acids is 2. The zero-order valence-corrected chi connectivity index (χ0v) is 18.3. The zero-order valence-electron chi connectivity index (χ0n) is 18.3. The number of carbonyl (C=O) groups is 2. The van der Waals surface area contributed by atoms with Gasteiger partial charge in [0.1, 0.15) is 6.54 Å². The summed E-state index contributed by atoms with van der Waals surface area (Å²) in [6, 6.07) is 9.60. The van der Waals surface area contributed by atoms with Gasteiger partial charge in [0.15, 0.2) is 0 Å². The van der Waals surface area contributed by atoms with Crippen molar-refractivity contribution < 1.29 is 9.59 Å². The lowest BCUT2D eigenvalue weighted by Gasteiger charge is -2.27. The molecule has 2 amide bonds. The van der Waals surface area contributed by atoms with Crippen molar-refractivity contribution in [3.63, 3.8) is 0 Å². The van der Waals surface area contributed by atoms with Crippen molar-refractivity contribution in [2.24, 2.45) is 5.92 Å². The number of nitrogens with zero attached hydrogens (tertiary/aromatic N) is 4. The number of aromatic nitrogens is 2. The lowest BCUT2D eigenvalue weighted by Crippen LogP contribution is -2.41. The van der Waals surface area contributed by atoms with Crippen LogP contribution >= 0.6 is 0 Å². The van der Waals surface area contributed by atoms with Gasteiger partial charge in [-0.05, 0) is 30.0 Å². The summed E-state index contributed by atoms with van der Waals surface area (Å²) in [4.78, 5) is 45.1. The lowest BCUT2D eigenvalue weighted by atomic mass is 10.1. The molecule has 8 nitrogen and oxygen atoms in total. The van der Waals surface area contributed by atoms with Crippen molar-refractivity contribution in [1.82, 2.24) is 19.8 Å². The van der Waals surface area contributed by atoms with Crippen molar-refractivity contribution in [3.8, 4) is 0 Å². The van der Waals surface area contributed by atoms with E-state index in [-0.39, 0.29) is 24.3 Å². The smallest absolute Gasteiger partial charge is 0.340 e. The average molecular weight is 426 g/mol. The molecule has 166 valence electrons. The normalized spacial score (nSPS) is 15.3. The molecule has 0 saturated heterocycles. The number of nitrogens with one attached hydrogen (secondary N) is 1. The Kier molecular flexibility index (Phi) is 7.94. The number of benzene rings is 1. The molecule has 1 aromatic carbocycles. The van der Waals surface area contributed by atoms with Crippen LogP contribution < -0.4 is 15.9 Å². The van der Waals surface area contributed by atoms with Crippen molar-refractivity contribution >= 4 is 17.5 Å². The van der Waals surface area contributed by atoms with Crippen molar-refractivity contribution in [3.05, 3.63) is 58.8 Å². The highest BCUT2D eigenvalue weighted by Crippen LogP contribution is 2.23. The van der Waals surface area contributed by atoms with Gasteiger partial charge in [-0.2, -0.15) is 0 Å². The maximum atomic E-state index is 13.0. The van der Waals surface area contributed by atoms with E-state index in [0.29, 0.717) is 45.6 Å². The number of amides is 2. The summed E-state index contributed by atoms with van der Waals surface area (Å²) in [5, 5.41) is 3.39. The van der Waals surface area contributed by atoms with E-state index in [9.17, 15) is 14.4 Å². The summed E-state index contributed by atoms with van der Waals surface area (Å²) in [5.74, 6) is 0.238. The summed E-state index contributed by atoms with van der Waals surface area (Å²) in [7, 11) is 0.